The normalized spacial score (nSPS) is 21.1. The minimum Gasteiger partial charge on any atom is -0.392 e. The maximum Gasteiger partial charge on any atom is 0.114 e. The second kappa shape index (κ2) is 10.4. The molecule has 0 amide bonds. The number of benzene rings is 1. The third-order valence-electron chi connectivity index (χ3n) is 3.71. The number of aromatic nitrogens is 1. The van der Waals surface area contributed by atoms with Crippen molar-refractivity contribution in [1.82, 2.24) is 10.3 Å². The Labute approximate surface area is 140 Å². The molecule has 5 nitrogen and oxygen atoms in total. The summed E-state index contributed by atoms with van der Waals surface area (Å²) >= 11 is 0. The van der Waals surface area contributed by atoms with Crippen LogP contribution >= 0.6 is 0 Å². The quantitative estimate of drug-likeness (QED) is 0.614. The molecular weight excluding hydrogens is 289 g/mol. The molecule has 2 aromatic rings. The Morgan fingerprint density at radius 2 is 2.13 bits per heavy atom. The predicted molar refractivity (Wildman–Crippen MR) is 97.3 cm³/mol. The molecule has 3 unspecified atom stereocenters. The summed E-state index contributed by atoms with van der Waals surface area (Å²) in [4.78, 5) is 3.08. The number of rotatable bonds is 2. The highest BCUT2D eigenvalue weighted by molar-refractivity contribution is 6.38. The highest BCUT2D eigenvalue weighted by Gasteiger charge is 2.26. The molecular formula is C17H28BN3O2. The largest absolute Gasteiger partial charge is 0.392 e. The van der Waals surface area contributed by atoms with Crippen LogP contribution in [0.2, 0.25) is 0 Å². The highest BCUT2D eigenvalue weighted by Crippen LogP contribution is 2.11. The average Bonchev–Trinajstić information content (AvgIpc) is 3.17. The second-order valence-corrected chi connectivity index (χ2v) is 5.54. The van der Waals surface area contributed by atoms with Crippen molar-refractivity contribution < 1.29 is 9.84 Å². The summed E-state index contributed by atoms with van der Waals surface area (Å²) in [5, 5.41) is 13.4. The molecule has 1 aromatic carbocycles. The monoisotopic (exact) mass is 317 g/mol. The molecule has 2 radical (unpaired) electrons. The summed E-state index contributed by atoms with van der Waals surface area (Å²) in [6.45, 7) is 5.37. The van der Waals surface area contributed by atoms with Crippen molar-refractivity contribution in [3.8, 4) is 0 Å². The standard InChI is InChI=1S/C8H6BN.C7H15NO2.C2H7N/c9-7-2-1-3-8-6(7)4-5-10-8;1-5(10-2)7-3-6(9)4-8-7;1-2-3/h1-5,10H;5-9H,3-4H2,1-2H3;2-3H2,1H3. The molecule has 0 bridgehead atoms. The molecule has 0 spiro atoms. The van der Waals surface area contributed by atoms with Crippen LogP contribution in [0.1, 0.15) is 20.3 Å². The van der Waals surface area contributed by atoms with E-state index in [1.165, 1.54) is 0 Å². The fourth-order valence-corrected chi connectivity index (χ4v) is 2.38. The number of ether oxygens (including phenoxy) is 1. The van der Waals surface area contributed by atoms with E-state index in [2.05, 4.69) is 10.3 Å². The smallest absolute Gasteiger partial charge is 0.114 e. The first-order valence-corrected chi connectivity index (χ1v) is 7.99. The van der Waals surface area contributed by atoms with Crippen LogP contribution in [0.15, 0.2) is 30.5 Å². The van der Waals surface area contributed by atoms with Gasteiger partial charge in [-0.1, -0.05) is 24.5 Å². The Balaban J connectivity index is 0.000000197. The van der Waals surface area contributed by atoms with E-state index in [0.717, 1.165) is 29.3 Å². The SMILES string of the molecule is CCN.COC(C)C1CC(O)CN1.[B]c1cccc2[nH]ccc12. The molecule has 1 aromatic heterocycles. The van der Waals surface area contributed by atoms with Crippen LogP contribution in [0.4, 0.5) is 0 Å². The Morgan fingerprint density at radius 3 is 2.65 bits per heavy atom. The van der Waals surface area contributed by atoms with Gasteiger partial charge in [0, 0.05) is 31.4 Å². The molecule has 0 saturated carbocycles. The molecule has 1 aliphatic rings. The van der Waals surface area contributed by atoms with Gasteiger partial charge < -0.3 is 25.9 Å². The molecule has 2 heterocycles. The molecule has 3 rings (SSSR count). The summed E-state index contributed by atoms with van der Waals surface area (Å²) in [7, 11) is 7.37. The Morgan fingerprint density at radius 1 is 1.43 bits per heavy atom. The van der Waals surface area contributed by atoms with Crippen molar-refractivity contribution in [2.45, 2.75) is 38.5 Å². The van der Waals surface area contributed by atoms with Gasteiger partial charge in [-0.25, -0.2) is 0 Å². The Bertz CT molecular complexity index is 562. The van der Waals surface area contributed by atoms with E-state index in [1.807, 2.05) is 44.3 Å². The highest BCUT2D eigenvalue weighted by atomic mass is 16.5. The van der Waals surface area contributed by atoms with Crippen LogP contribution in [0, 0.1) is 0 Å². The lowest BCUT2D eigenvalue weighted by molar-refractivity contribution is 0.0840. The van der Waals surface area contributed by atoms with Crippen LogP contribution in [0.5, 0.6) is 0 Å². The topological polar surface area (TPSA) is 83.3 Å². The Hall–Kier alpha value is -1.34. The number of H-pyrrole nitrogens is 1. The Kier molecular flexibility index (Phi) is 8.95. The maximum atomic E-state index is 9.13. The van der Waals surface area contributed by atoms with Gasteiger partial charge >= 0.3 is 0 Å². The van der Waals surface area contributed by atoms with E-state index in [1.54, 1.807) is 7.11 Å². The number of aromatic amines is 1. The number of hydrogen-bond acceptors (Lipinski definition) is 4. The third-order valence-corrected chi connectivity index (χ3v) is 3.71. The molecule has 0 aliphatic carbocycles. The molecule has 126 valence electrons. The minimum atomic E-state index is -0.178. The number of fused-ring (bicyclic) bond motifs is 1. The lowest BCUT2D eigenvalue weighted by atomic mass is 9.93. The van der Waals surface area contributed by atoms with E-state index in [-0.39, 0.29) is 12.2 Å². The van der Waals surface area contributed by atoms with Gasteiger partial charge in [-0.3, -0.25) is 0 Å². The van der Waals surface area contributed by atoms with Crippen LogP contribution in [-0.2, 0) is 4.74 Å². The number of β-amino-alcohol motifs (C(OH)–C–C–N with tert-alkyl or cyclic N) is 1. The molecule has 1 aliphatic heterocycles. The van der Waals surface area contributed by atoms with E-state index in [0.29, 0.717) is 12.6 Å². The number of hydrogen-bond donors (Lipinski definition) is 4. The lowest BCUT2D eigenvalue weighted by Gasteiger charge is -2.16. The number of aliphatic hydroxyl groups excluding tert-OH is 1. The maximum absolute atomic E-state index is 9.13. The van der Waals surface area contributed by atoms with Crippen molar-refractivity contribution in [3.05, 3.63) is 30.5 Å². The van der Waals surface area contributed by atoms with E-state index < -0.39 is 0 Å². The minimum absolute atomic E-state index is 0.178. The third kappa shape index (κ3) is 6.35. The summed E-state index contributed by atoms with van der Waals surface area (Å²) in [5.74, 6) is 0. The molecule has 1 saturated heterocycles. The molecule has 5 N–H and O–H groups in total. The van der Waals surface area contributed by atoms with Gasteiger partial charge in [-0.05, 0) is 37.4 Å². The number of nitrogens with one attached hydrogen (secondary N) is 2. The van der Waals surface area contributed by atoms with Gasteiger partial charge in [-0.15, -0.1) is 0 Å². The first kappa shape index (κ1) is 19.7. The fraction of sp³-hybridized carbons (Fsp3) is 0.529. The summed E-state index contributed by atoms with van der Waals surface area (Å²) < 4.78 is 5.11. The summed E-state index contributed by atoms with van der Waals surface area (Å²) in [6.07, 6.45) is 2.73. The van der Waals surface area contributed by atoms with Gasteiger partial charge in [0.15, 0.2) is 0 Å². The fourth-order valence-electron chi connectivity index (χ4n) is 2.38. The van der Waals surface area contributed by atoms with Crippen molar-refractivity contribution >= 4 is 24.2 Å². The molecule has 6 heteroatoms. The van der Waals surface area contributed by atoms with Crippen LogP contribution in [0.25, 0.3) is 10.9 Å². The number of nitrogens with two attached hydrogens (primary N) is 1. The number of aliphatic hydroxyl groups is 1. The zero-order valence-electron chi connectivity index (χ0n) is 14.3. The van der Waals surface area contributed by atoms with Gasteiger partial charge in [0.2, 0.25) is 0 Å². The lowest BCUT2D eigenvalue weighted by Crippen LogP contribution is -2.33. The summed E-state index contributed by atoms with van der Waals surface area (Å²) in [5.41, 5.74) is 6.78. The van der Waals surface area contributed by atoms with Crippen LogP contribution < -0.4 is 16.5 Å². The van der Waals surface area contributed by atoms with Crippen molar-refractivity contribution in [2.24, 2.45) is 5.73 Å². The molecule has 1 fully saturated rings. The van der Waals surface area contributed by atoms with E-state index in [4.69, 9.17) is 23.4 Å². The van der Waals surface area contributed by atoms with Gasteiger partial charge in [0.1, 0.15) is 7.85 Å². The van der Waals surface area contributed by atoms with Crippen LogP contribution in [0.3, 0.4) is 0 Å². The summed E-state index contributed by atoms with van der Waals surface area (Å²) in [6, 6.07) is 8.15. The molecule has 3 atom stereocenters. The van der Waals surface area contributed by atoms with Crippen molar-refractivity contribution in [3.63, 3.8) is 0 Å². The van der Waals surface area contributed by atoms with E-state index in [9.17, 15) is 0 Å². The first-order chi connectivity index (χ1) is 11.0. The predicted octanol–water partition coefficient (Wildman–Crippen LogP) is 0.671. The molecule has 23 heavy (non-hydrogen) atoms. The van der Waals surface area contributed by atoms with Gasteiger partial charge in [0.25, 0.3) is 0 Å². The van der Waals surface area contributed by atoms with E-state index >= 15 is 0 Å². The zero-order chi connectivity index (χ0) is 17.2. The van der Waals surface area contributed by atoms with Crippen molar-refractivity contribution in [1.29, 1.82) is 0 Å². The average molecular weight is 317 g/mol. The zero-order valence-corrected chi connectivity index (χ0v) is 14.3. The second-order valence-electron chi connectivity index (χ2n) is 5.54. The van der Waals surface area contributed by atoms with Crippen LogP contribution in [-0.4, -0.2) is 56.4 Å². The van der Waals surface area contributed by atoms with Gasteiger partial charge in [0.05, 0.1) is 12.2 Å². The number of methoxy groups -OCH3 is 1. The van der Waals surface area contributed by atoms with Gasteiger partial charge in [-0.2, -0.15) is 0 Å². The first-order valence-electron chi connectivity index (χ1n) is 7.99. The van der Waals surface area contributed by atoms with Crippen molar-refractivity contribution in [2.75, 3.05) is 20.2 Å².